The highest BCUT2D eigenvalue weighted by molar-refractivity contribution is 6.23. The van der Waals surface area contributed by atoms with Gasteiger partial charge in [0.05, 0.1) is 24.9 Å². The fourth-order valence-corrected chi connectivity index (χ4v) is 5.38. The minimum absolute atomic E-state index is 0.0507. The van der Waals surface area contributed by atoms with Crippen LogP contribution >= 0.6 is 0 Å². The zero-order chi connectivity index (χ0) is 25.4. The molecule has 1 unspecified atom stereocenters. The summed E-state index contributed by atoms with van der Waals surface area (Å²) in [6.07, 6.45) is 6.24. The average molecular weight is 498 g/mol. The zero-order valence-corrected chi connectivity index (χ0v) is 20.3. The smallest absolute Gasteiger partial charge is 0.257 e. The van der Waals surface area contributed by atoms with Crippen molar-refractivity contribution >= 4 is 34.5 Å². The summed E-state index contributed by atoms with van der Waals surface area (Å²) >= 11 is 0. The number of imide groups is 1. The van der Waals surface area contributed by atoms with Crippen molar-refractivity contribution in [3.05, 3.63) is 72.7 Å². The van der Waals surface area contributed by atoms with Gasteiger partial charge in [-0.15, -0.1) is 0 Å². The van der Waals surface area contributed by atoms with Crippen LogP contribution in [0.4, 0.5) is 5.69 Å². The monoisotopic (exact) mass is 497 g/mol. The number of anilines is 1. The molecule has 3 heterocycles. The minimum Gasteiger partial charge on any atom is -0.467 e. The van der Waals surface area contributed by atoms with Gasteiger partial charge in [0.2, 0.25) is 17.7 Å². The van der Waals surface area contributed by atoms with Crippen molar-refractivity contribution in [2.24, 2.45) is 5.92 Å². The Morgan fingerprint density at radius 1 is 0.973 bits per heavy atom. The van der Waals surface area contributed by atoms with E-state index in [-0.39, 0.29) is 30.7 Å². The van der Waals surface area contributed by atoms with Crippen molar-refractivity contribution in [3.63, 3.8) is 0 Å². The number of para-hydroxylation sites is 2. The van der Waals surface area contributed by atoms with Crippen molar-refractivity contribution in [3.8, 4) is 11.5 Å². The molecule has 1 aliphatic carbocycles. The summed E-state index contributed by atoms with van der Waals surface area (Å²) in [4.78, 5) is 47.5. The number of rotatable bonds is 6. The van der Waals surface area contributed by atoms with Crippen molar-refractivity contribution in [1.29, 1.82) is 0 Å². The van der Waals surface area contributed by atoms with Gasteiger partial charge in [-0.3, -0.25) is 14.4 Å². The van der Waals surface area contributed by atoms with E-state index >= 15 is 0 Å². The maximum absolute atomic E-state index is 13.6. The van der Waals surface area contributed by atoms with Crippen LogP contribution in [0.2, 0.25) is 0 Å². The number of aromatic nitrogens is 1. The fraction of sp³-hybridized carbons (Fsp3) is 0.310. The quantitative estimate of drug-likeness (QED) is 0.334. The molecule has 0 bridgehead atoms. The van der Waals surface area contributed by atoms with Crippen LogP contribution in [0.15, 0.2) is 75.8 Å². The van der Waals surface area contributed by atoms with Crippen molar-refractivity contribution in [1.82, 2.24) is 9.88 Å². The van der Waals surface area contributed by atoms with Crippen molar-refractivity contribution in [2.45, 2.75) is 51.1 Å². The number of fused-ring (bicyclic) bond motifs is 1. The summed E-state index contributed by atoms with van der Waals surface area (Å²) in [7, 11) is 0. The second kappa shape index (κ2) is 9.69. The Hall–Kier alpha value is -4.20. The molecule has 2 fully saturated rings. The summed E-state index contributed by atoms with van der Waals surface area (Å²) in [5.41, 5.74) is 2.64. The topological polar surface area (TPSA) is 96.9 Å². The van der Waals surface area contributed by atoms with Gasteiger partial charge in [0, 0.05) is 11.5 Å². The largest absolute Gasteiger partial charge is 0.467 e. The first-order valence-corrected chi connectivity index (χ1v) is 12.7. The Balaban J connectivity index is 1.25. The molecule has 1 saturated carbocycles. The molecule has 188 valence electrons. The molecule has 0 spiro atoms. The standard InChI is InChI=1S/C29H27N3O5/c33-26-17-24(31(18-22-9-6-16-36-22)28(34)20-7-2-1-3-8-20)29(35)32(26)21-14-12-19(13-15-21)27-30-23-10-4-5-11-25(23)37-27/h4-6,9-16,20,24H,1-3,7-8,17-18H2. The van der Waals surface area contributed by atoms with Gasteiger partial charge in [-0.05, 0) is 61.4 Å². The van der Waals surface area contributed by atoms with Gasteiger partial charge in [-0.25, -0.2) is 9.88 Å². The Morgan fingerprint density at radius 2 is 1.76 bits per heavy atom. The lowest BCUT2D eigenvalue weighted by atomic mass is 9.88. The minimum atomic E-state index is -0.858. The molecule has 4 aromatic rings. The van der Waals surface area contributed by atoms with E-state index in [1.165, 1.54) is 4.90 Å². The summed E-state index contributed by atoms with van der Waals surface area (Å²) in [6.45, 7) is 0.163. The Morgan fingerprint density at radius 3 is 2.49 bits per heavy atom. The van der Waals surface area contributed by atoms with Crippen LogP contribution in [0.25, 0.3) is 22.6 Å². The molecule has 2 aromatic carbocycles. The van der Waals surface area contributed by atoms with E-state index in [4.69, 9.17) is 8.83 Å². The lowest BCUT2D eigenvalue weighted by Crippen LogP contribution is -2.47. The lowest BCUT2D eigenvalue weighted by Gasteiger charge is -2.32. The van der Waals surface area contributed by atoms with Crippen LogP contribution in [-0.4, -0.2) is 33.6 Å². The van der Waals surface area contributed by atoms with Crippen molar-refractivity contribution < 1.29 is 23.2 Å². The highest BCUT2D eigenvalue weighted by Crippen LogP contribution is 2.32. The van der Waals surface area contributed by atoms with Gasteiger partial charge in [-0.1, -0.05) is 31.4 Å². The van der Waals surface area contributed by atoms with E-state index in [2.05, 4.69) is 4.98 Å². The highest BCUT2D eigenvalue weighted by atomic mass is 16.3. The summed E-state index contributed by atoms with van der Waals surface area (Å²) in [5.74, 6) is 0.130. The number of furan rings is 1. The van der Waals surface area contributed by atoms with E-state index in [1.54, 1.807) is 47.6 Å². The molecule has 2 aliphatic rings. The van der Waals surface area contributed by atoms with Crippen LogP contribution in [0.1, 0.15) is 44.3 Å². The van der Waals surface area contributed by atoms with Crippen LogP contribution in [0.3, 0.4) is 0 Å². The molecule has 1 atom stereocenters. The number of amides is 3. The van der Waals surface area contributed by atoms with Gasteiger partial charge in [-0.2, -0.15) is 0 Å². The molecule has 8 heteroatoms. The van der Waals surface area contributed by atoms with Crippen LogP contribution < -0.4 is 4.90 Å². The van der Waals surface area contributed by atoms with Gasteiger partial charge >= 0.3 is 0 Å². The predicted molar refractivity (Wildman–Crippen MR) is 136 cm³/mol. The lowest BCUT2D eigenvalue weighted by molar-refractivity contribution is -0.143. The maximum Gasteiger partial charge on any atom is 0.257 e. The molecule has 0 radical (unpaired) electrons. The van der Waals surface area contributed by atoms with E-state index in [0.29, 0.717) is 22.9 Å². The normalized spacial score (nSPS) is 18.6. The van der Waals surface area contributed by atoms with E-state index < -0.39 is 11.9 Å². The van der Waals surface area contributed by atoms with Crippen LogP contribution in [0.5, 0.6) is 0 Å². The Bertz CT molecular complexity index is 1400. The van der Waals surface area contributed by atoms with Gasteiger partial charge < -0.3 is 13.7 Å². The molecular weight excluding hydrogens is 470 g/mol. The van der Waals surface area contributed by atoms with E-state index in [0.717, 1.165) is 43.2 Å². The Labute approximate surface area is 213 Å². The number of carbonyl (C=O) groups excluding carboxylic acids is 3. The van der Waals surface area contributed by atoms with E-state index in [9.17, 15) is 14.4 Å². The average Bonchev–Trinajstić information content (AvgIpc) is 3.67. The first-order valence-electron chi connectivity index (χ1n) is 12.7. The van der Waals surface area contributed by atoms with Crippen molar-refractivity contribution in [2.75, 3.05) is 4.90 Å². The molecule has 1 aliphatic heterocycles. The van der Waals surface area contributed by atoms with Gasteiger partial charge in [0.1, 0.15) is 17.3 Å². The molecule has 3 amide bonds. The third kappa shape index (κ3) is 4.43. The van der Waals surface area contributed by atoms with E-state index in [1.807, 2.05) is 24.3 Å². The predicted octanol–water partition coefficient (Wildman–Crippen LogP) is 5.33. The zero-order valence-electron chi connectivity index (χ0n) is 20.3. The number of hydrogen-bond acceptors (Lipinski definition) is 6. The number of carbonyl (C=O) groups is 3. The second-order valence-electron chi connectivity index (χ2n) is 9.70. The summed E-state index contributed by atoms with van der Waals surface area (Å²) in [5, 5.41) is 0. The Kier molecular flexibility index (Phi) is 6.08. The molecule has 6 rings (SSSR count). The molecular formula is C29H27N3O5. The third-order valence-electron chi connectivity index (χ3n) is 7.31. The molecule has 8 nitrogen and oxygen atoms in total. The maximum atomic E-state index is 13.6. The number of oxazole rings is 1. The highest BCUT2D eigenvalue weighted by Gasteiger charge is 2.45. The molecule has 0 N–H and O–H groups in total. The number of benzene rings is 2. The molecule has 2 aromatic heterocycles. The summed E-state index contributed by atoms with van der Waals surface area (Å²) in [6, 6.07) is 17.2. The summed E-state index contributed by atoms with van der Waals surface area (Å²) < 4.78 is 11.3. The van der Waals surface area contributed by atoms with Crippen LogP contribution in [0, 0.1) is 5.92 Å². The molecule has 1 saturated heterocycles. The SMILES string of the molecule is O=C1CC(N(Cc2ccco2)C(=O)C2CCCCC2)C(=O)N1c1ccc(-c2nc3ccccc3o2)cc1. The third-order valence-corrected chi connectivity index (χ3v) is 7.31. The first kappa shape index (κ1) is 23.2. The van der Waals surface area contributed by atoms with Crippen LogP contribution in [-0.2, 0) is 20.9 Å². The first-order chi connectivity index (χ1) is 18.1. The number of nitrogens with zero attached hydrogens (tertiary/aromatic N) is 3. The van der Waals surface area contributed by atoms with Gasteiger partial charge in [0.25, 0.3) is 5.91 Å². The van der Waals surface area contributed by atoms with Gasteiger partial charge in [0.15, 0.2) is 5.58 Å². The number of hydrogen-bond donors (Lipinski definition) is 0. The second-order valence-corrected chi connectivity index (χ2v) is 9.70. The fourth-order valence-electron chi connectivity index (χ4n) is 5.38. The molecule has 37 heavy (non-hydrogen) atoms.